The van der Waals surface area contributed by atoms with Gasteiger partial charge in [-0.3, -0.25) is 0 Å². The SMILES string of the molecule is C=C1C=C(C)C=C(C)N1. The Balaban J connectivity index is 2.86. The molecule has 0 saturated heterocycles. The summed E-state index contributed by atoms with van der Waals surface area (Å²) in [4.78, 5) is 0. The molecule has 1 aliphatic heterocycles. The lowest BCUT2D eigenvalue weighted by molar-refractivity contribution is 0.982. The van der Waals surface area contributed by atoms with Crippen molar-refractivity contribution in [3.8, 4) is 0 Å². The number of dihydropyridines is 1. The summed E-state index contributed by atoms with van der Waals surface area (Å²) >= 11 is 0. The normalized spacial score (nSPS) is 18.2. The van der Waals surface area contributed by atoms with Crippen LogP contribution in [0.1, 0.15) is 13.8 Å². The molecule has 0 radical (unpaired) electrons. The van der Waals surface area contributed by atoms with Gasteiger partial charge >= 0.3 is 0 Å². The van der Waals surface area contributed by atoms with Gasteiger partial charge in [-0.1, -0.05) is 6.58 Å². The highest BCUT2D eigenvalue weighted by molar-refractivity contribution is 5.34. The minimum atomic E-state index is 0.979. The molecule has 1 nitrogen and oxygen atoms in total. The summed E-state index contributed by atoms with van der Waals surface area (Å²) in [5, 5.41) is 3.10. The fourth-order valence-corrected chi connectivity index (χ4v) is 0.983. The number of nitrogens with one attached hydrogen (secondary N) is 1. The van der Waals surface area contributed by atoms with Gasteiger partial charge in [0.15, 0.2) is 0 Å². The Labute approximate surface area is 55.8 Å². The third kappa shape index (κ3) is 1.46. The monoisotopic (exact) mass is 121 g/mol. The standard InChI is InChI=1S/C8H11N/c1-6-4-7(2)9-8(3)5-6/h4-5,9H,2H2,1,3H3. The maximum atomic E-state index is 3.79. The lowest BCUT2D eigenvalue weighted by Crippen LogP contribution is -2.11. The van der Waals surface area contributed by atoms with E-state index >= 15 is 0 Å². The van der Waals surface area contributed by atoms with E-state index in [9.17, 15) is 0 Å². The highest BCUT2D eigenvalue weighted by Crippen LogP contribution is 2.08. The molecular formula is C8H11N. The molecule has 0 aliphatic carbocycles. The van der Waals surface area contributed by atoms with E-state index in [1.165, 1.54) is 11.3 Å². The van der Waals surface area contributed by atoms with Gasteiger partial charge in [-0.25, -0.2) is 0 Å². The van der Waals surface area contributed by atoms with Crippen molar-refractivity contribution in [2.45, 2.75) is 13.8 Å². The van der Waals surface area contributed by atoms with E-state index in [4.69, 9.17) is 0 Å². The van der Waals surface area contributed by atoms with Crippen LogP contribution in [0.3, 0.4) is 0 Å². The predicted molar refractivity (Wildman–Crippen MR) is 39.8 cm³/mol. The summed E-state index contributed by atoms with van der Waals surface area (Å²) in [7, 11) is 0. The van der Waals surface area contributed by atoms with Crippen molar-refractivity contribution < 1.29 is 0 Å². The van der Waals surface area contributed by atoms with Crippen molar-refractivity contribution in [1.82, 2.24) is 5.32 Å². The summed E-state index contributed by atoms with van der Waals surface area (Å²) in [6.07, 6.45) is 4.11. The van der Waals surface area contributed by atoms with Gasteiger partial charge < -0.3 is 5.32 Å². The van der Waals surface area contributed by atoms with Crippen LogP contribution >= 0.6 is 0 Å². The highest BCUT2D eigenvalue weighted by atomic mass is 14.9. The molecule has 0 bridgehead atoms. The maximum Gasteiger partial charge on any atom is 0.0311 e. The van der Waals surface area contributed by atoms with E-state index in [1.54, 1.807) is 0 Å². The van der Waals surface area contributed by atoms with Crippen molar-refractivity contribution in [2.75, 3.05) is 0 Å². The maximum absolute atomic E-state index is 3.79. The summed E-state index contributed by atoms with van der Waals surface area (Å²) in [5.74, 6) is 0. The Morgan fingerprint density at radius 2 is 2.00 bits per heavy atom. The number of hydrogen-bond acceptors (Lipinski definition) is 1. The molecule has 0 aromatic heterocycles. The van der Waals surface area contributed by atoms with E-state index in [2.05, 4.69) is 24.9 Å². The Morgan fingerprint density at radius 3 is 2.44 bits per heavy atom. The predicted octanol–water partition coefficient (Wildman–Crippen LogP) is 1.95. The van der Waals surface area contributed by atoms with Crippen LogP contribution in [-0.2, 0) is 0 Å². The van der Waals surface area contributed by atoms with E-state index in [1.807, 2.05) is 13.0 Å². The van der Waals surface area contributed by atoms with Crippen LogP contribution in [-0.4, -0.2) is 0 Å². The second-order valence-corrected chi connectivity index (χ2v) is 2.37. The van der Waals surface area contributed by atoms with Crippen LogP contribution < -0.4 is 5.32 Å². The Hall–Kier alpha value is -0.980. The van der Waals surface area contributed by atoms with Crippen molar-refractivity contribution in [1.29, 1.82) is 0 Å². The Kier molecular flexibility index (Phi) is 1.43. The van der Waals surface area contributed by atoms with Gasteiger partial charge in [0.25, 0.3) is 0 Å². The molecule has 1 aliphatic rings. The third-order valence-corrected chi connectivity index (χ3v) is 1.20. The first kappa shape index (κ1) is 6.14. The van der Waals surface area contributed by atoms with Crippen LogP contribution in [0.5, 0.6) is 0 Å². The molecule has 0 amide bonds. The van der Waals surface area contributed by atoms with Crippen molar-refractivity contribution in [2.24, 2.45) is 0 Å². The van der Waals surface area contributed by atoms with Gasteiger partial charge in [0.2, 0.25) is 0 Å². The molecule has 0 aromatic rings. The van der Waals surface area contributed by atoms with Crippen LogP contribution in [0.15, 0.2) is 35.7 Å². The average Bonchev–Trinajstić information content (AvgIpc) is 1.59. The zero-order valence-electron chi connectivity index (χ0n) is 5.86. The lowest BCUT2D eigenvalue weighted by atomic mass is 10.1. The summed E-state index contributed by atoms with van der Waals surface area (Å²) in [6, 6.07) is 0. The lowest BCUT2D eigenvalue weighted by Gasteiger charge is -2.11. The second kappa shape index (κ2) is 2.09. The first-order valence-corrected chi connectivity index (χ1v) is 3.01. The van der Waals surface area contributed by atoms with E-state index in [0.29, 0.717) is 0 Å². The molecule has 48 valence electrons. The van der Waals surface area contributed by atoms with Gasteiger partial charge in [-0.15, -0.1) is 0 Å². The van der Waals surface area contributed by atoms with Crippen LogP contribution in [0.4, 0.5) is 0 Å². The quantitative estimate of drug-likeness (QED) is 0.516. The number of allylic oxidation sites excluding steroid dienone is 4. The molecular weight excluding hydrogens is 110 g/mol. The fraction of sp³-hybridized carbons (Fsp3) is 0.250. The Bertz CT molecular complexity index is 197. The smallest absolute Gasteiger partial charge is 0.0311 e. The zero-order valence-corrected chi connectivity index (χ0v) is 5.86. The topological polar surface area (TPSA) is 12.0 Å². The van der Waals surface area contributed by atoms with E-state index in [0.717, 1.165) is 5.70 Å². The number of rotatable bonds is 0. The molecule has 1 heterocycles. The van der Waals surface area contributed by atoms with Gasteiger partial charge in [-0.2, -0.15) is 0 Å². The first-order valence-electron chi connectivity index (χ1n) is 3.01. The zero-order chi connectivity index (χ0) is 6.85. The molecule has 0 saturated carbocycles. The molecule has 0 atom stereocenters. The summed E-state index contributed by atoms with van der Waals surface area (Å²) in [6.45, 7) is 7.88. The molecule has 9 heavy (non-hydrogen) atoms. The summed E-state index contributed by atoms with van der Waals surface area (Å²) in [5.41, 5.74) is 3.41. The Morgan fingerprint density at radius 1 is 1.33 bits per heavy atom. The average molecular weight is 121 g/mol. The molecule has 0 spiro atoms. The van der Waals surface area contributed by atoms with Gasteiger partial charge in [0.1, 0.15) is 0 Å². The van der Waals surface area contributed by atoms with Crippen molar-refractivity contribution >= 4 is 0 Å². The van der Waals surface area contributed by atoms with E-state index in [-0.39, 0.29) is 0 Å². The minimum Gasteiger partial charge on any atom is -0.360 e. The molecule has 0 fully saturated rings. The molecule has 1 N–H and O–H groups in total. The highest BCUT2D eigenvalue weighted by Gasteiger charge is 1.97. The second-order valence-electron chi connectivity index (χ2n) is 2.37. The van der Waals surface area contributed by atoms with Crippen molar-refractivity contribution in [3.05, 3.63) is 35.7 Å². The third-order valence-electron chi connectivity index (χ3n) is 1.20. The van der Waals surface area contributed by atoms with Crippen LogP contribution in [0.2, 0.25) is 0 Å². The molecule has 1 rings (SSSR count). The first-order chi connectivity index (χ1) is 4.18. The fourth-order valence-electron chi connectivity index (χ4n) is 0.983. The largest absolute Gasteiger partial charge is 0.360 e. The molecule has 0 aromatic carbocycles. The van der Waals surface area contributed by atoms with Crippen LogP contribution in [0, 0.1) is 0 Å². The van der Waals surface area contributed by atoms with Crippen LogP contribution in [0.25, 0.3) is 0 Å². The van der Waals surface area contributed by atoms with Gasteiger partial charge in [0, 0.05) is 11.4 Å². The minimum absolute atomic E-state index is 0.979. The number of hydrogen-bond donors (Lipinski definition) is 1. The van der Waals surface area contributed by atoms with E-state index < -0.39 is 0 Å². The van der Waals surface area contributed by atoms with Gasteiger partial charge in [0.05, 0.1) is 0 Å². The van der Waals surface area contributed by atoms with Crippen molar-refractivity contribution in [3.63, 3.8) is 0 Å². The van der Waals surface area contributed by atoms with Gasteiger partial charge in [-0.05, 0) is 31.6 Å². The molecule has 0 unspecified atom stereocenters. The summed E-state index contributed by atoms with van der Waals surface area (Å²) < 4.78 is 0. The molecule has 1 heteroatoms.